The van der Waals surface area contributed by atoms with Gasteiger partial charge in [-0.15, -0.1) is 0 Å². The maximum absolute atomic E-state index is 11.0. The highest BCUT2D eigenvalue weighted by Crippen LogP contribution is 2.26. The molecule has 1 amide bonds. The number of anilines is 1. The third kappa shape index (κ3) is 2.79. The Bertz CT molecular complexity index is 404. The Labute approximate surface area is 107 Å². The molecule has 1 aliphatic rings. The van der Waals surface area contributed by atoms with Crippen LogP contribution < -0.4 is 16.4 Å². The molecule has 0 spiro atoms. The Balaban J connectivity index is 2.07. The van der Waals surface area contributed by atoms with Crippen molar-refractivity contribution < 1.29 is 4.79 Å². The summed E-state index contributed by atoms with van der Waals surface area (Å²) < 4.78 is 0. The predicted octanol–water partition coefficient (Wildman–Crippen LogP) is 0.888. The highest BCUT2D eigenvalue weighted by atomic mass is 16.1. The predicted molar refractivity (Wildman–Crippen MR) is 71.4 cm³/mol. The minimum absolute atomic E-state index is 0.435. The van der Waals surface area contributed by atoms with E-state index in [9.17, 15) is 4.79 Å². The zero-order chi connectivity index (χ0) is 13.0. The number of hydrogen-bond donors (Lipinski definition) is 2. The number of carbonyl (C=O) groups excluding carboxylic acids is 1. The molecule has 1 aromatic heterocycles. The summed E-state index contributed by atoms with van der Waals surface area (Å²) >= 11 is 0. The molecular weight excluding hydrogens is 228 g/mol. The summed E-state index contributed by atoms with van der Waals surface area (Å²) in [5, 5.41) is 0. The van der Waals surface area contributed by atoms with Gasteiger partial charge in [0.1, 0.15) is 5.82 Å². The molecule has 0 radical (unpaired) electrons. The Hall–Kier alpha value is -1.62. The fourth-order valence-electron chi connectivity index (χ4n) is 2.49. The molecule has 1 atom stereocenters. The lowest BCUT2D eigenvalue weighted by atomic mass is 10.1. The van der Waals surface area contributed by atoms with Crippen LogP contribution in [0.15, 0.2) is 18.3 Å². The number of carbonyl (C=O) groups is 1. The summed E-state index contributed by atoms with van der Waals surface area (Å²) in [6.45, 7) is 1.76. The number of aromatic nitrogens is 1. The van der Waals surface area contributed by atoms with Gasteiger partial charge in [-0.25, -0.2) is 4.98 Å². The van der Waals surface area contributed by atoms with Crippen molar-refractivity contribution >= 4 is 11.7 Å². The second-order valence-electron chi connectivity index (χ2n) is 4.69. The van der Waals surface area contributed by atoms with Gasteiger partial charge in [-0.2, -0.15) is 0 Å². The van der Waals surface area contributed by atoms with Gasteiger partial charge < -0.3 is 16.4 Å². The van der Waals surface area contributed by atoms with Gasteiger partial charge in [0.2, 0.25) is 5.91 Å². The van der Waals surface area contributed by atoms with E-state index < -0.39 is 5.91 Å². The van der Waals surface area contributed by atoms with Gasteiger partial charge in [0.05, 0.1) is 5.56 Å². The van der Waals surface area contributed by atoms with E-state index in [0.29, 0.717) is 11.6 Å². The van der Waals surface area contributed by atoms with Gasteiger partial charge in [-0.3, -0.25) is 4.79 Å². The van der Waals surface area contributed by atoms with Crippen LogP contribution in [0.2, 0.25) is 0 Å². The third-order valence-corrected chi connectivity index (χ3v) is 3.45. The molecular formula is C13H20N4O. The number of nitrogens with two attached hydrogens (primary N) is 2. The first-order chi connectivity index (χ1) is 8.72. The lowest BCUT2D eigenvalue weighted by Gasteiger charge is -2.25. The Morgan fingerprint density at radius 3 is 2.94 bits per heavy atom. The first-order valence-electron chi connectivity index (χ1n) is 6.45. The van der Waals surface area contributed by atoms with Crippen LogP contribution in [0.3, 0.4) is 0 Å². The number of pyridine rings is 1. The number of rotatable bonds is 5. The molecule has 1 saturated heterocycles. The molecule has 2 heterocycles. The van der Waals surface area contributed by atoms with Crippen molar-refractivity contribution in [3.63, 3.8) is 0 Å². The van der Waals surface area contributed by atoms with Crippen molar-refractivity contribution in [1.29, 1.82) is 0 Å². The molecule has 2 rings (SSSR count). The fourth-order valence-corrected chi connectivity index (χ4v) is 2.49. The van der Waals surface area contributed by atoms with Crippen LogP contribution in [-0.4, -0.2) is 30.0 Å². The maximum Gasteiger partial charge on any atom is 0.250 e. The standard InChI is InChI=1S/C13H20N4O/c14-7-1-3-11-4-2-8-17(11)12-6-5-10(9-16-12)13(15)18/h5-6,9,11H,1-4,7-8,14H2,(H2,15,18). The van der Waals surface area contributed by atoms with Crippen molar-refractivity contribution in [3.8, 4) is 0 Å². The molecule has 0 bridgehead atoms. The molecule has 1 unspecified atom stereocenters. The third-order valence-electron chi connectivity index (χ3n) is 3.45. The lowest BCUT2D eigenvalue weighted by molar-refractivity contribution is 0.1000. The van der Waals surface area contributed by atoms with E-state index in [-0.39, 0.29) is 0 Å². The zero-order valence-corrected chi connectivity index (χ0v) is 10.5. The summed E-state index contributed by atoms with van der Waals surface area (Å²) in [5.41, 5.74) is 11.2. The summed E-state index contributed by atoms with van der Waals surface area (Å²) in [6, 6.07) is 4.14. The van der Waals surface area contributed by atoms with Crippen LogP contribution in [0.4, 0.5) is 5.82 Å². The van der Waals surface area contributed by atoms with Crippen LogP contribution in [0, 0.1) is 0 Å². The van der Waals surface area contributed by atoms with E-state index in [0.717, 1.165) is 31.7 Å². The fraction of sp³-hybridized carbons (Fsp3) is 0.538. The van der Waals surface area contributed by atoms with Crippen LogP contribution in [-0.2, 0) is 0 Å². The van der Waals surface area contributed by atoms with Gasteiger partial charge in [0, 0.05) is 18.8 Å². The second kappa shape index (κ2) is 5.82. The minimum atomic E-state index is -0.435. The van der Waals surface area contributed by atoms with Gasteiger partial charge in [-0.05, 0) is 44.4 Å². The molecule has 0 aromatic carbocycles. The van der Waals surface area contributed by atoms with Crippen LogP contribution in [0.25, 0.3) is 0 Å². The SMILES string of the molecule is NCCCC1CCCN1c1ccc(C(N)=O)cn1. The van der Waals surface area contributed by atoms with Crippen molar-refractivity contribution in [1.82, 2.24) is 4.98 Å². The first kappa shape index (κ1) is 12.8. The normalized spacial score (nSPS) is 19.2. The topological polar surface area (TPSA) is 85.2 Å². The van der Waals surface area contributed by atoms with Crippen LogP contribution >= 0.6 is 0 Å². The van der Waals surface area contributed by atoms with E-state index in [1.54, 1.807) is 12.3 Å². The van der Waals surface area contributed by atoms with Crippen molar-refractivity contribution in [2.75, 3.05) is 18.0 Å². The van der Waals surface area contributed by atoms with E-state index in [1.165, 1.54) is 12.8 Å². The summed E-state index contributed by atoms with van der Waals surface area (Å²) in [4.78, 5) is 17.6. The summed E-state index contributed by atoms with van der Waals surface area (Å²) in [7, 11) is 0. The van der Waals surface area contributed by atoms with E-state index >= 15 is 0 Å². The van der Waals surface area contributed by atoms with Crippen LogP contribution in [0.1, 0.15) is 36.0 Å². The lowest BCUT2D eigenvalue weighted by Crippen LogP contribution is -2.30. The largest absolute Gasteiger partial charge is 0.366 e. The quantitative estimate of drug-likeness (QED) is 0.810. The minimum Gasteiger partial charge on any atom is -0.366 e. The van der Waals surface area contributed by atoms with E-state index in [1.807, 2.05) is 6.07 Å². The zero-order valence-electron chi connectivity index (χ0n) is 10.5. The van der Waals surface area contributed by atoms with Crippen LogP contribution in [0.5, 0.6) is 0 Å². The smallest absolute Gasteiger partial charge is 0.250 e. The molecule has 4 N–H and O–H groups in total. The molecule has 5 heteroatoms. The molecule has 98 valence electrons. The monoisotopic (exact) mass is 248 g/mol. The molecule has 1 fully saturated rings. The van der Waals surface area contributed by atoms with Crippen molar-refractivity contribution in [2.45, 2.75) is 31.7 Å². The Morgan fingerprint density at radius 2 is 2.33 bits per heavy atom. The van der Waals surface area contributed by atoms with Gasteiger partial charge >= 0.3 is 0 Å². The molecule has 0 aliphatic carbocycles. The highest BCUT2D eigenvalue weighted by molar-refractivity contribution is 5.92. The van der Waals surface area contributed by atoms with Gasteiger partial charge in [-0.1, -0.05) is 0 Å². The number of amides is 1. The van der Waals surface area contributed by atoms with E-state index in [2.05, 4.69) is 9.88 Å². The number of hydrogen-bond acceptors (Lipinski definition) is 4. The first-order valence-corrected chi connectivity index (χ1v) is 6.45. The highest BCUT2D eigenvalue weighted by Gasteiger charge is 2.24. The van der Waals surface area contributed by atoms with Gasteiger partial charge in [0.15, 0.2) is 0 Å². The number of primary amides is 1. The molecule has 18 heavy (non-hydrogen) atoms. The van der Waals surface area contributed by atoms with E-state index in [4.69, 9.17) is 11.5 Å². The van der Waals surface area contributed by atoms with Crippen molar-refractivity contribution in [3.05, 3.63) is 23.9 Å². The molecule has 5 nitrogen and oxygen atoms in total. The average molecular weight is 248 g/mol. The summed E-state index contributed by atoms with van der Waals surface area (Å²) in [5.74, 6) is 0.495. The second-order valence-corrected chi connectivity index (χ2v) is 4.69. The molecule has 1 aromatic rings. The average Bonchev–Trinajstić information content (AvgIpc) is 2.84. The van der Waals surface area contributed by atoms with Gasteiger partial charge in [0.25, 0.3) is 0 Å². The number of nitrogens with zero attached hydrogens (tertiary/aromatic N) is 2. The molecule has 1 aliphatic heterocycles. The molecule has 0 saturated carbocycles. The Kier molecular flexibility index (Phi) is 4.15. The van der Waals surface area contributed by atoms with Crippen molar-refractivity contribution in [2.24, 2.45) is 11.5 Å². The summed E-state index contributed by atoms with van der Waals surface area (Å²) in [6.07, 6.45) is 6.08. The Morgan fingerprint density at radius 1 is 1.50 bits per heavy atom. The maximum atomic E-state index is 11.0.